The van der Waals surface area contributed by atoms with Gasteiger partial charge in [-0.05, 0) is 47.2 Å². The van der Waals surface area contributed by atoms with E-state index in [2.05, 4.69) is 37.6 Å². The summed E-state index contributed by atoms with van der Waals surface area (Å²) in [5, 5.41) is 0. The molecule has 0 atom stereocenters. The van der Waals surface area contributed by atoms with Crippen LogP contribution in [0.25, 0.3) is 0 Å². The first-order chi connectivity index (χ1) is 6.44. The Labute approximate surface area is 88.3 Å². The van der Waals surface area contributed by atoms with Crippen LogP contribution in [-0.2, 0) is 0 Å². The van der Waals surface area contributed by atoms with Crippen LogP contribution >= 0.6 is 0 Å². The van der Waals surface area contributed by atoms with Gasteiger partial charge in [-0.2, -0.15) is 0 Å². The fourth-order valence-corrected chi connectivity index (χ4v) is 2.77. The summed E-state index contributed by atoms with van der Waals surface area (Å²) in [6, 6.07) is 0. The van der Waals surface area contributed by atoms with Gasteiger partial charge in [0, 0.05) is 24.2 Å². The molecule has 2 heterocycles. The van der Waals surface area contributed by atoms with Crippen molar-refractivity contribution in [1.29, 1.82) is 0 Å². The van der Waals surface area contributed by atoms with Crippen molar-refractivity contribution in [3.8, 4) is 0 Å². The second-order valence-electron chi connectivity index (χ2n) is 6.13. The van der Waals surface area contributed by atoms with Crippen molar-refractivity contribution >= 4 is 0 Å². The van der Waals surface area contributed by atoms with Gasteiger partial charge >= 0.3 is 0 Å². The molecule has 2 nitrogen and oxygen atoms in total. The van der Waals surface area contributed by atoms with Crippen LogP contribution in [0, 0.1) is 0 Å². The maximum Gasteiger partial charge on any atom is 0.0460 e. The van der Waals surface area contributed by atoms with Gasteiger partial charge in [0.2, 0.25) is 0 Å². The second-order valence-corrected chi connectivity index (χ2v) is 6.13. The van der Waals surface area contributed by atoms with Gasteiger partial charge in [-0.25, -0.2) is 0 Å². The van der Waals surface area contributed by atoms with Crippen LogP contribution < -0.4 is 0 Å². The van der Waals surface area contributed by atoms with E-state index in [-0.39, 0.29) is 0 Å². The Morgan fingerprint density at radius 3 is 2.21 bits per heavy atom. The largest absolute Gasteiger partial charge is 0.298 e. The van der Waals surface area contributed by atoms with E-state index < -0.39 is 0 Å². The lowest BCUT2D eigenvalue weighted by atomic mass is 9.78. The summed E-state index contributed by atoms with van der Waals surface area (Å²) in [5.74, 6) is 0. The lowest BCUT2D eigenvalue weighted by Crippen LogP contribution is -2.73. The van der Waals surface area contributed by atoms with Gasteiger partial charge in [-0.3, -0.25) is 9.80 Å². The summed E-state index contributed by atoms with van der Waals surface area (Å²) in [5.41, 5.74) is 0.912. The normalized spacial score (nSPS) is 29.1. The molecule has 0 saturated carbocycles. The minimum atomic E-state index is 0.365. The highest BCUT2D eigenvalue weighted by molar-refractivity contribution is 5.07. The van der Waals surface area contributed by atoms with Crippen molar-refractivity contribution in [2.45, 2.75) is 51.1 Å². The predicted molar refractivity (Wildman–Crippen MR) is 60.5 cm³/mol. The molecule has 0 bridgehead atoms. The minimum Gasteiger partial charge on any atom is -0.298 e. The summed E-state index contributed by atoms with van der Waals surface area (Å²) in [6.45, 7) is 10.8. The summed E-state index contributed by atoms with van der Waals surface area (Å²) in [7, 11) is 2.30. The summed E-state index contributed by atoms with van der Waals surface area (Å²) in [6.07, 6.45) is 4.24. The van der Waals surface area contributed by atoms with E-state index in [4.69, 9.17) is 0 Å². The highest BCUT2D eigenvalue weighted by atomic mass is 15.4. The van der Waals surface area contributed by atoms with Gasteiger partial charge < -0.3 is 0 Å². The molecule has 82 valence electrons. The molecule has 1 spiro atoms. The Morgan fingerprint density at radius 2 is 1.71 bits per heavy atom. The minimum absolute atomic E-state index is 0.365. The Balaban J connectivity index is 1.96. The van der Waals surface area contributed by atoms with Crippen LogP contribution in [0.5, 0.6) is 0 Å². The van der Waals surface area contributed by atoms with E-state index in [1.165, 1.54) is 38.9 Å². The molecule has 0 aromatic heterocycles. The molecule has 2 heteroatoms. The molecule has 2 aliphatic rings. The average Bonchev–Trinajstić information content (AvgIpc) is 1.99. The first-order valence-corrected chi connectivity index (χ1v) is 5.90. The molecular formula is C12H24N2. The van der Waals surface area contributed by atoms with Crippen molar-refractivity contribution in [3.63, 3.8) is 0 Å². The SMILES string of the molecule is CN1CCCCC12CN(C(C)(C)C)C2. The maximum atomic E-state index is 2.61. The van der Waals surface area contributed by atoms with Crippen LogP contribution in [0.15, 0.2) is 0 Å². The van der Waals surface area contributed by atoms with E-state index in [0.29, 0.717) is 11.1 Å². The van der Waals surface area contributed by atoms with E-state index in [1.807, 2.05) is 0 Å². The number of hydrogen-bond acceptors (Lipinski definition) is 2. The zero-order valence-electron chi connectivity index (χ0n) is 10.1. The van der Waals surface area contributed by atoms with Gasteiger partial charge in [0.1, 0.15) is 0 Å². The third-order valence-electron chi connectivity index (χ3n) is 4.11. The Hall–Kier alpha value is -0.0800. The molecule has 2 aliphatic heterocycles. The van der Waals surface area contributed by atoms with Crippen molar-refractivity contribution in [2.75, 3.05) is 26.7 Å². The number of piperidine rings is 1. The molecule has 0 aliphatic carbocycles. The van der Waals surface area contributed by atoms with Gasteiger partial charge in [-0.1, -0.05) is 6.42 Å². The summed E-state index contributed by atoms with van der Waals surface area (Å²) >= 11 is 0. The number of hydrogen-bond donors (Lipinski definition) is 0. The molecule has 2 saturated heterocycles. The number of rotatable bonds is 0. The van der Waals surface area contributed by atoms with E-state index in [1.54, 1.807) is 0 Å². The van der Waals surface area contributed by atoms with Crippen LogP contribution in [-0.4, -0.2) is 47.6 Å². The van der Waals surface area contributed by atoms with Gasteiger partial charge in [0.15, 0.2) is 0 Å². The highest BCUT2D eigenvalue weighted by Gasteiger charge is 2.49. The predicted octanol–water partition coefficient (Wildman–Crippen LogP) is 1.95. The first-order valence-electron chi connectivity index (χ1n) is 5.90. The van der Waals surface area contributed by atoms with Gasteiger partial charge in [-0.15, -0.1) is 0 Å². The second kappa shape index (κ2) is 3.21. The quantitative estimate of drug-likeness (QED) is 0.584. The monoisotopic (exact) mass is 196 g/mol. The average molecular weight is 196 g/mol. The maximum absolute atomic E-state index is 2.61. The van der Waals surface area contributed by atoms with E-state index >= 15 is 0 Å². The van der Waals surface area contributed by atoms with Crippen molar-refractivity contribution in [1.82, 2.24) is 9.80 Å². The fourth-order valence-electron chi connectivity index (χ4n) is 2.77. The molecule has 0 aromatic carbocycles. The van der Waals surface area contributed by atoms with E-state index in [9.17, 15) is 0 Å². The molecule has 0 aromatic rings. The third-order valence-corrected chi connectivity index (χ3v) is 4.11. The Bertz CT molecular complexity index is 211. The molecule has 0 unspecified atom stereocenters. The topological polar surface area (TPSA) is 6.48 Å². The highest BCUT2D eigenvalue weighted by Crippen LogP contribution is 2.38. The Morgan fingerprint density at radius 1 is 1.07 bits per heavy atom. The number of nitrogens with zero attached hydrogens (tertiary/aromatic N) is 2. The zero-order chi connectivity index (χ0) is 10.4. The first kappa shape index (κ1) is 10.4. The van der Waals surface area contributed by atoms with Crippen molar-refractivity contribution in [3.05, 3.63) is 0 Å². The third kappa shape index (κ3) is 1.59. The lowest BCUT2D eigenvalue weighted by Gasteiger charge is -2.61. The molecule has 14 heavy (non-hydrogen) atoms. The van der Waals surface area contributed by atoms with Crippen molar-refractivity contribution in [2.24, 2.45) is 0 Å². The molecule has 2 rings (SSSR count). The zero-order valence-corrected chi connectivity index (χ0v) is 10.1. The van der Waals surface area contributed by atoms with Crippen molar-refractivity contribution < 1.29 is 0 Å². The molecule has 0 N–H and O–H groups in total. The number of likely N-dealkylation sites (N-methyl/N-ethyl adjacent to an activating group) is 1. The van der Waals surface area contributed by atoms with Crippen LogP contribution in [0.3, 0.4) is 0 Å². The summed E-state index contributed by atoms with van der Waals surface area (Å²) < 4.78 is 0. The molecule has 0 amide bonds. The van der Waals surface area contributed by atoms with E-state index in [0.717, 1.165) is 0 Å². The standard InChI is InChI=1S/C12H24N2/c1-11(2,3)14-9-12(10-14)7-5-6-8-13(12)4/h5-10H2,1-4H3. The van der Waals surface area contributed by atoms with Crippen LogP contribution in [0.4, 0.5) is 0 Å². The fraction of sp³-hybridized carbons (Fsp3) is 1.00. The number of likely N-dealkylation sites (tertiary alicyclic amines) is 2. The molecule has 0 radical (unpaired) electrons. The lowest BCUT2D eigenvalue weighted by molar-refractivity contribution is -0.102. The summed E-state index contributed by atoms with van der Waals surface area (Å²) in [4.78, 5) is 5.20. The van der Waals surface area contributed by atoms with Gasteiger partial charge in [0.05, 0.1) is 0 Å². The Kier molecular flexibility index (Phi) is 2.39. The smallest absolute Gasteiger partial charge is 0.0460 e. The molecular weight excluding hydrogens is 172 g/mol. The van der Waals surface area contributed by atoms with Crippen LogP contribution in [0.1, 0.15) is 40.0 Å². The molecule has 2 fully saturated rings. The van der Waals surface area contributed by atoms with Crippen LogP contribution in [0.2, 0.25) is 0 Å². The van der Waals surface area contributed by atoms with Gasteiger partial charge in [0.25, 0.3) is 0 Å².